The molecular formula is C13H14N2O2. The van der Waals surface area contributed by atoms with E-state index in [4.69, 9.17) is 0 Å². The van der Waals surface area contributed by atoms with Crippen LogP contribution in [0.25, 0.3) is 5.57 Å². The highest BCUT2D eigenvalue weighted by Crippen LogP contribution is 2.35. The number of hydrogen-bond donors (Lipinski definition) is 0. The van der Waals surface area contributed by atoms with Crippen molar-refractivity contribution in [1.82, 2.24) is 4.90 Å². The first-order chi connectivity index (χ1) is 8.02. The van der Waals surface area contributed by atoms with Crippen molar-refractivity contribution in [2.75, 3.05) is 26.0 Å². The Labute approximate surface area is 100 Å². The minimum absolute atomic E-state index is 0.138. The Balaban J connectivity index is 2.50. The van der Waals surface area contributed by atoms with Gasteiger partial charge in [-0.2, -0.15) is 0 Å². The van der Waals surface area contributed by atoms with Crippen LogP contribution in [0.5, 0.6) is 0 Å². The lowest BCUT2D eigenvalue weighted by molar-refractivity contribution is -0.123. The smallest absolute Gasteiger partial charge is 0.258 e. The molecule has 1 heterocycles. The summed E-state index contributed by atoms with van der Waals surface area (Å²) in [5.41, 5.74) is 2.12. The largest absolute Gasteiger partial charge is 0.345 e. The predicted octanol–water partition coefficient (Wildman–Crippen LogP) is 1.13. The van der Waals surface area contributed by atoms with Gasteiger partial charge in [0.2, 0.25) is 5.91 Å². The molecule has 0 radical (unpaired) electrons. The average Bonchev–Trinajstić information content (AvgIpc) is 2.55. The number of para-hydroxylation sites is 1. The maximum atomic E-state index is 12.0. The minimum Gasteiger partial charge on any atom is -0.345 e. The molecule has 0 atom stereocenters. The Morgan fingerprint density at radius 1 is 1.29 bits per heavy atom. The van der Waals surface area contributed by atoms with Crippen molar-refractivity contribution in [1.29, 1.82) is 0 Å². The number of hydrogen-bond acceptors (Lipinski definition) is 2. The molecule has 4 nitrogen and oxygen atoms in total. The Morgan fingerprint density at radius 3 is 2.59 bits per heavy atom. The fourth-order valence-electron chi connectivity index (χ4n) is 1.79. The third-order valence-corrected chi connectivity index (χ3v) is 2.80. The van der Waals surface area contributed by atoms with Gasteiger partial charge in [0.05, 0.1) is 11.3 Å². The summed E-state index contributed by atoms with van der Waals surface area (Å²) in [6.07, 6.45) is 1.39. The van der Waals surface area contributed by atoms with Gasteiger partial charge >= 0.3 is 0 Å². The molecule has 2 rings (SSSR count). The average molecular weight is 230 g/mol. The van der Waals surface area contributed by atoms with Gasteiger partial charge in [0.15, 0.2) is 0 Å². The second-order valence-corrected chi connectivity index (χ2v) is 4.17. The van der Waals surface area contributed by atoms with E-state index in [0.29, 0.717) is 5.57 Å². The fourth-order valence-corrected chi connectivity index (χ4v) is 1.79. The molecule has 0 N–H and O–H groups in total. The molecule has 0 unspecified atom stereocenters. The van der Waals surface area contributed by atoms with Crippen LogP contribution >= 0.6 is 0 Å². The first kappa shape index (κ1) is 11.4. The van der Waals surface area contributed by atoms with Crippen LogP contribution in [0.4, 0.5) is 5.69 Å². The van der Waals surface area contributed by atoms with Crippen LogP contribution in [-0.2, 0) is 9.59 Å². The molecule has 1 aliphatic heterocycles. The topological polar surface area (TPSA) is 40.6 Å². The van der Waals surface area contributed by atoms with Crippen LogP contribution in [0, 0.1) is 0 Å². The van der Waals surface area contributed by atoms with Gasteiger partial charge in [-0.3, -0.25) is 9.59 Å². The number of likely N-dealkylation sites (N-methyl/N-ethyl adjacent to an activating group) is 2. The van der Waals surface area contributed by atoms with Crippen LogP contribution in [0.15, 0.2) is 30.3 Å². The SMILES string of the molecule is CN(C)C(=O)/C=C1/C(=O)N(C)c2ccccc21. The van der Waals surface area contributed by atoms with Crippen molar-refractivity contribution < 1.29 is 9.59 Å². The molecule has 1 aliphatic rings. The zero-order chi connectivity index (χ0) is 12.6. The lowest BCUT2D eigenvalue weighted by Crippen LogP contribution is -2.23. The summed E-state index contributed by atoms with van der Waals surface area (Å²) in [4.78, 5) is 26.7. The lowest BCUT2D eigenvalue weighted by Gasteiger charge is -2.08. The highest BCUT2D eigenvalue weighted by Gasteiger charge is 2.29. The highest BCUT2D eigenvalue weighted by atomic mass is 16.2. The Hall–Kier alpha value is -2.10. The monoisotopic (exact) mass is 230 g/mol. The van der Waals surface area contributed by atoms with Gasteiger partial charge < -0.3 is 9.80 Å². The minimum atomic E-state index is -0.182. The summed E-state index contributed by atoms with van der Waals surface area (Å²) >= 11 is 0. The predicted molar refractivity (Wildman–Crippen MR) is 66.5 cm³/mol. The summed E-state index contributed by atoms with van der Waals surface area (Å²) in [5.74, 6) is -0.320. The number of amides is 2. The summed E-state index contributed by atoms with van der Waals surface area (Å²) in [6.45, 7) is 0. The first-order valence-corrected chi connectivity index (χ1v) is 5.33. The van der Waals surface area contributed by atoms with Crippen LogP contribution in [0.1, 0.15) is 5.56 Å². The Morgan fingerprint density at radius 2 is 1.94 bits per heavy atom. The molecule has 2 amide bonds. The van der Waals surface area contributed by atoms with Crippen LogP contribution < -0.4 is 4.90 Å². The van der Waals surface area contributed by atoms with E-state index in [0.717, 1.165) is 11.3 Å². The maximum Gasteiger partial charge on any atom is 0.258 e. The molecular weight excluding hydrogens is 216 g/mol. The second kappa shape index (κ2) is 4.05. The van der Waals surface area contributed by atoms with Crippen molar-refractivity contribution in [2.24, 2.45) is 0 Å². The number of rotatable bonds is 1. The van der Waals surface area contributed by atoms with Crippen molar-refractivity contribution in [3.63, 3.8) is 0 Å². The maximum absolute atomic E-state index is 12.0. The fraction of sp³-hybridized carbons (Fsp3) is 0.231. The lowest BCUT2D eigenvalue weighted by atomic mass is 10.1. The van der Waals surface area contributed by atoms with Gasteiger partial charge in [0, 0.05) is 32.8 Å². The third-order valence-electron chi connectivity index (χ3n) is 2.80. The number of carbonyl (C=O) groups excluding carboxylic acids is 2. The van der Waals surface area contributed by atoms with E-state index in [1.54, 1.807) is 26.0 Å². The molecule has 17 heavy (non-hydrogen) atoms. The van der Waals surface area contributed by atoms with E-state index in [9.17, 15) is 9.59 Å². The number of carbonyl (C=O) groups is 2. The van der Waals surface area contributed by atoms with Crippen LogP contribution in [-0.4, -0.2) is 37.9 Å². The molecule has 4 heteroatoms. The Kier molecular flexibility index (Phi) is 2.71. The standard InChI is InChI=1S/C13H14N2O2/c1-14(2)12(16)8-10-9-6-4-5-7-11(9)15(3)13(10)17/h4-8H,1-3H3/b10-8+. The van der Waals surface area contributed by atoms with E-state index < -0.39 is 0 Å². The van der Waals surface area contributed by atoms with Gasteiger partial charge in [-0.05, 0) is 6.07 Å². The molecule has 0 saturated heterocycles. The van der Waals surface area contributed by atoms with E-state index in [2.05, 4.69) is 0 Å². The number of nitrogens with zero attached hydrogens (tertiary/aromatic N) is 2. The van der Waals surface area contributed by atoms with Crippen molar-refractivity contribution in [3.8, 4) is 0 Å². The molecule has 0 saturated carbocycles. The molecule has 0 bridgehead atoms. The van der Waals surface area contributed by atoms with Gasteiger partial charge in [-0.1, -0.05) is 18.2 Å². The second-order valence-electron chi connectivity index (χ2n) is 4.17. The van der Waals surface area contributed by atoms with Gasteiger partial charge in [0.1, 0.15) is 0 Å². The summed E-state index contributed by atoms with van der Waals surface area (Å²) in [7, 11) is 5.03. The van der Waals surface area contributed by atoms with Crippen molar-refractivity contribution in [3.05, 3.63) is 35.9 Å². The van der Waals surface area contributed by atoms with E-state index in [1.165, 1.54) is 11.0 Å². The molecule has 1 aromatic rings. The molecule has 0 spiro atoms. The molecule has 88 valence electrons. The third kappa shape index (κ3) is 1.82. The van der Waals surface area contributed by atoms with Crippen molar-refractivity contribution >= 4 is 23.1 Å². The zero-order valence-corrected chi connectivity index (χ0v) is 10.1. The van der Waals surface area contributed by atoms with Gasteiger partial charge in [-0.15, -0.1) is 0 Å². The van der Waals surface area contributed by atoms with E-state index in [-0.39, 0.29) is 11.8 Å². The van der Waals surface area contributed by atoms with Crippen molar-refractivity contribution in [2.45, 2.75) is 0 Å². The highest BCUT2D eigenvalue weighted by molar-refractivity contribution is 6.34. The van der Waals surface area contributed by atoms with E-state index in [1.807, 2.05) is 24.3 Å². The zero-order valence-electron chi connectivity index (χ0n) is 10.1. The molecule has 0 aliphatic carbocycles. The number of anilines is 1. The first-order valence-electron chi connectivity index (χ1n) is 5.33. The van der Waals surface area contributed by atoms with E-state index >= 15 is 0 Å². The quantitative estimate of drug-likeness (QED) is 0.679. The Bertz CT molecular complexity index is 518. The summed E-state index contributed by atoms with van der Waals surface area (Å²) in [5, 5.41) is 0. The molecule has 1 aromatic carbocycles. The van der Waals surface area contributed by atoms with Gasteiger partial charge in [0.25, 0.3) is 5.91 Å². The molecule has 0 fully saturated rings. The number of fused-ring (bicyclic) bond motifs is 1. The van der Waals surface area contributed by atoms with Gasteiger partial charge in [-0.25, -0.2) is 0 Å². The normalized spacial score (nSPS) is 16.3. The number of benzene rings is 1. The molecule has 0 aromatic heterocycles. The van der Waals surface area contributed by atoms with Crippen LogP contribution in [0.2, 0.25) is 0 Å². The van der Waals surface area contributed by atoms with Crippen LogP contribution in [0.3, 0.4) is 0 Å². The summed E-state index contributed by atoms with van der Waals surface area (Å²) < 4.78 is 0. The summed E-state index contributed by atoms with van der Waals surface area (Å²) in [6, 6.07) is 7.46.